The van der Waals surface area contributed by atoms with E-state index < -0.39 is 0 Å². The number of rotatable bonds is 1. The Morgan fingerprint density at radius 2 is 1.89 bits per heavy atom. The highest BCUT2D eigenvalue weighted by Crippen LogP contribution is 2.24. The van der Waals surface area contributed by atoms with Gasteiger partial charge in [0, 0.05) is 29.4 Å². The maximum absolute atomic E-state index is 12.4. The highest BCUT2D eigenvalue weighted by molar-refractivity contribution is 6.31. The molecule has 2 rings (SSSR count). The lowest BCUT2D eigenvalue weighted by atomic mass is 9.91. The Kier molecular flexibility index (Phi) is 3.81. The number of nitrogens with zero attached hydrogens (tertiary/aromatic N) is 1. The van der Waals surface area contributed by atoms with Crippen molar-refractivity contribution in [2.24, 2.45) is 11.8 Å². The molecular formula is C14H19ClN2O. The van der Waals surface area contributed by atoms with E-state index in [1.807, 2.05) is 4.90 Å². The molecule has 0 bridgehead atoms. The lowest BCUT2D eigenvalue weighted by Crippen LogP contribution is -2.42. The van der Waals surface area contributed by atoms with Crippen LogP contribution in [0.4, 0.5) is 5.69 Å². The predicted molar refractivity (Wildman–Crippen MR) is 74.7 cm³/mol. The molecule has 1 heterocycles. The standard InChI is InChI=1S/C14H19ClN2O/c1-9-3-10(2)8-17(7-9)14(18)11-4-12(15)6-13(16)5-11/h4-6,9-10H,3,7-8,16H2,1-2H3. The van der Waals surface area contributed by atoms with Gasteiger partial charge in [-0.2, -0.15) is 0 Å². The smallest absolute Gasteiger partial charge is 0.253 e. The van der Waals surface area contributed by atoms with Crippen LogP contribution >= 0.6 is 11.6 Å². The molecule has 0 spiro atoms. The van der Waals surface area contributed by atoms with Gasteiger partial charge in [-0.25, -0.2) is 0 Å². The first-order chi connectivity index (χ1) is 8.45. The Labute approximate surface area is 113 Å². The number of piperidine rings is 1. The highest BCUT2D eigenvalue weighted by atomic mass is 35.5. The molecule has 1 aromatic carbocycles. The first-order valence-corrected chi connectivity index (χ1v) is 6.69. The van der Waals surface area contributed by atoms with Crippen LogP contribution in [-0.2, 0) is 0 Å². The second-order valence-corrected chi connectivity index (χ2v) is 5.87. The van der Waals surface area contributed by atoms with Crippen LogP contribution in [0.1, 0.15) is 30.6 Å². The van der Waals surface area contributed by atoms with Gasteiger partial charge in [0.05, 0.1) is 0 Å². The SMILES string of the molecule is CC1CC(C)CN(C(=O)c2cc(N)cc(Cl)c2)C1. The van der Waals surface area contributed by atoms with E-state index in [-0.39, 0.29) is 5.91 Å². The molecule has 0 saturated carbocycles. The van der Waals surface area contributed by atoms with Gasteiger partial charge in [0.25, 0.3) is 5.91 Å². The van der Waals surface area contributed by atoms with Crippen molar-refractivity contribution < 1.29 is 4.79 Å². The van der Waals surface area contributed by atoms with Crippen molar-refractivity contribution in [2.75, 3.05) is 18.8 Å². The van der Waals surface area contributed by atoms with Crippen molar-refractivity contribution in [3.05, 3.63) is 28.8 Å². The molecule has 0 aromatic heterocycles. The minimum atomic E-state index is 0.0302. The van der Waals surface area contributed by atoms with E-state index in [9.17, 15) is 4.79 Å². The van der Waals surface area contributed by atoms with Crippen molar-refractivity contribution in [3.63, 3.8) is 0 Å². The fourth-order valence-electron chi connectivity index (χ4n) is 2.75. The van der Waals surface area contributed by atoms with Crippen molar-refractivity contribution in [2.45, 2.75) is 20.3 Å². The van der Waals surface area contributed by atoms with Gasteiger partial charge in [-0.05, 0) is 36.5 Å². The largest absolute Gasteiger partial charge is 0.399 e. The Hall–Kier alpha value is -1.22. The number of hydrogen-bond donors (Lipinski definition) is 1. The monoisotopic (exact) mass is 266 g/mol. The van der Waals surface area contributed by atoms with Gasteiger partial charge in [0.1, 0.15) is 0 Å². The van der Waals surface area contributed by atoms with Crippen molar-refractivity contribution >= 4 is 23.2 Å². The number of halogens is 1. The number of benzene rings is 1. The third-order valence-corrected chi connectivity index (χ3v) is 3.54. The van der Waals surface area contributed by atoms with E-state index in [4.69, 9.17) is 17.3 Å². The second kappa shape index (κ2) is 5.19. The van der Waals surface area contributed by atoms with Crippen molar-refractivity contribution in [1.82, 2.24) is 4.90 Å². The number of nitrogen functional groups attached to an aromatic ring is 1. The quantitative estimate of drug-likeness (QED) is 0.794. The molecule has 2 N–H and O–H groups in total. The van der Waals surface area contributed by atoms with Gasteiger partial charge >= 0.3 is 0 Å². The average Bonchev–Trinajstić information content (AvgIpc) is 2.25. The summed E-state index contributed by atoms with van der Waals surface area (Å²) in [5, 5.41) is 0.511. The fourth-order valence-corrected chi connectivity index (χ4v) is 2.99. The van der Waals surface area contributed by atoms with E-state index >= 15 is 0 Å². The van der Waals surface area contributed by atoms with Crippen LogP contribution in [-0.4, -0.2) is 23.9 Å². The average molecular weight is 267 g/mol. The van der Waals surface area contributed by atoms with Crippen LogP contribution in [0.3, 0.4) is 0 Å². The van der Waals surface area contributed by atoms with Crippen LogP contribution in [0.2, 0.25) is 5.02 Å². The maximum atomic E-state index is 12.4. The molecule has 18 heavy (non-hydrogen) atoms. The Morgan fingerprint density at radius 3 is 2.44 bits per heavy atom. The third kappa shape index (κ3) is 2.96. The summed E-state index contributed by atoms with van der Waals surface area (Å²) in [6, 6.07) is 5.03. The topological polar surface area (TPSA) is 46.3 Å². The van der Waals surface area contributed by atoms with Gasteiger partial charge in [-0.15, -0.1) is 0 Å². The molecule has 1 aromatic rings. The molecule has 2 unspecified atom stereocenters. The van der Waals surface area contributed by atoms with E-state index in [1.54, 1.807) is 18.2 Å². The van der Waals surface area contributed by atoms with Crippen molar-refractivity contribution in [3.8, 4) is 0 Å². The van der Waals surface area contributed by atoms with Crippen LogP contribution in [0, 0.1) is 11.8 Å². The van der Waals surface area contributed by atoms with E-state index in [0.717, 1.165) is 13.1 Å². The number of anilines is 1. The zero-order valence-corrected chi connectivity index (χ0v) is 11.6. The van der Waals surface area contributed by atoms with Gasteiger partial charge in [-0.1, -0.05) is 25.4 Å². The molecule has 0 radical (unpaired) electrons. The van der Waals surface area contributed by atoms with Gasteiger partial charge in [0.2, 0.25) is 0 Å². The summed E-state index contributed by atoms with van der Waals surface area (Å²) in [6.45, 7) is 6.00. The Morgan fingerprint density at radius 1 is 1.28 bits per heavy atom. The molecule has 4 heteroatoms. The molecule has 1 amide bonds. The summed E-state index contributed by atoms with van der Waals surface area (Å²) in [4.78, 5) is 14.3. The first kappa shape index (κ1) is 13.2. The van der Waals surface area contributed by atoms with Crippen LogP contribution in [0.5, 0.6) is 0 Å². The first-order valence-electron chi connectivity index (χ1n) is 6.31. The summed E-state index contributed by atoms with van der Waals surface area (Å²) in [6.07, 6.45) is 1.18. The molecule has 3 nitrogen and oxygen atoms in total. The molecule has 1 fully saturated rings. The summed E-state index contributed by atoms with van der Waals surface area (Å²) >= 11 is 5.94. The molecule has 1 aliphatic heterocycles. The lowest BCUT2D eigenvalue weighted by molar-refractivity contribution is 0.0623. The van der Waals surface area contributed by atoms with E-state index in [2.05, 4.69) is 13.8 Å². The maximum Gasteiger partial charge on any atom is 0.253 e. The number of nitrogens with two attached hydrogens (primary N) is 1. The molecule has 1 saturated heterocycles. The number of carbonyl (C=O) groups excluding carboxylic acids is 1. The van der Waals surface area contributed by atoms with E-state index in [0.29, 0.717) is 28.1 Å². The predicted octanol–water partition coefficient (Wildman–Crippen LogP) is 3.04. The molecular weight excluding hydrogens is 248 g/mol. The fraction of sp³-hybridized carbons (Fsp3) is 0.500. The molecule has 0 aliphatic carbocycles. The second-order valence-electron chi connectivity index (χ2n) is 5.43. The van der Waals surface area contributed by atoms with Gasteiger partial charge in [0.15, 0.2) is 0 Å². The molecule has 1 aliphatic rings. The minimum Gasteiger partial charge on any atom is -0.399 e. The van der Waals surface area contributed by atoms with Gasteiger partial charge in [-0.3, -0.25) is 4.79 Å². The number of hydrogen-bond acceptors (Lipinski definition) is 2. The normalized spacial score (nSPS) is 24.1. The van der Waals surface area contributed by atoms with Gasteiger partial charge < -0.3 is 10.6 Å². The highest BCUT2D eigenvalue weighted by Gasteiger charge is 2.26. The zero-order valence-electron chi connectivity index (χ0n) is 10.8. The summed E-state index contributed by atoms with van der Waals surface area (Å²) < 4.78 is 0. The van der Waals surface area contributed by atoms with Crippen LogP contribution < -0.4 is 5.73 Å². The van der Waals surface area contributed by atoms with Crippen LogP contribution in [0.15, 0.2) is 18.2 Å². The van der Waals surface area contributed by atoms with Crippen molar-refractivity contribution in [1.29, 1.82) is 0 Å². The number of likely N-dealkylation sites (tertiary alicyclic amines) is 1. The van der Waals surface area contributed by atoms with E-state index in [1.165, 1.54) is 6.42 Å². The van der Waals surface area contributed by atoms with Crippen LogP contribution in [0.25, 0.3) is 0 Å². The summed E-state index contributed by atoms with van der Waals surface area (Å²) in [7, 11) is 0. The third-order valence-electron chi connectivity index (χ3n) is 3.32. The number of amides is 1. The zero-order chi connectivity index (χ0) is 13.3. The summed E-state index contributed by atoms with van der Waals surface area (Å²) in [5.74, 6) is 1.13. The number of carbonyl (C=O) groups is 1. The Balaban J connectivity index is 2.20. The Bertz CT molecular complexity index is 431. The summed E-state index contributed by atoms with van der Waals surface area (Å²) in [5.41, 5.74) is 6.84. The molecule has 2 atom stereocenters. The lowest BCUT2D eigenvalue weighted by Gasteiger charge is -2.35. The molecule has 98 valence electrons. The minimum absolute atomic E-state index is 0.0302.